The Morgan fingerprint density at radius 2 is 1.48 bits per heavy atom. The molecular weight excluding hydrogens is 370 g/mol. The summed E-state index contributed by atoms with van der Waals surface area (Å²) in [6, 6.07) is 13.7. The van der Waals surface area contributed by atoms with Crippen molar-refractivity contribution < 1.29 is 24.6 Å². The van der Waals surface area contributed by atoms with Crippen molar-refractivity contribution in [2.45, 2.75) is 32.7 Å². The van der Waals surface area contributed by atoms with Crippen molar-refractivity contribution >= 4 is 23.4 Å². The minimum Gasteiger partial charge on any atom is -0.507 e. The highest BCUT2D eigenvalue weighted by Gasteiger charge is 2.45. The molecule has 2 aromatic rings. The van der Waals surface area contributed by atoms with Crippen molar-refractivity contribution in [3.63, 3.8) is 0 Å². The Morgan fingerprint density at radius 3 is 2.03 bits per heavy atom. The number of carbonyl (C=O) groups excluding carboxylic acids is 2. The molecular formula is C23H23NO5. The van der Waals surface area contributed by atoms with E-state index in [0.717, 1.165) is 11.1 Å². The summed E-state index contributed by atoms with van der Waals surface area (Å²) in [5.74, 6) is -2.68. The molecule has 2 N–H and O–H groups in total. The average molecular weight is 393 g/mol. The van der Waals surface area contributed by atoms with E-state index in [-0.39, 0.29) is 30.7 Å². The number of hydrogen-bond donors (Lipinski definition) is 2. The van der Waals surface area contributed by atoms with Crippen LogP contribution in [-0.2, 0) is 14.4 Å². The highest BCUT2D eigenvalue weighted by atomic mass is 16.4. The van der Waals surface area contributed by atoms with E-state index in [1.165, 1.54) is 4.90 Å². The molecule has 0 unspecified atom stereocenters. The topological polar surface area (TPSA) is 94.9 Å². The Labute approximate surface area is 169 Å². The van der Waals surface area contributed by atoms with Crippen LogP contribution in [0, 0.1) is 13.8 Å². The van der Waals surface area contributed by atoms with Crippen LogP contribution in [0.2, 0.25) is 0 Å². The molecule has 0 saturated carbocycles. The minimum atomic E-state index is -0.965. The Kier molecular flexibility index (Phi) is 5.82. The maximum absolute atomic E-state index is 12.8. The molecule has 29 heavy (non-hydrogen) atoms. The molecule has 0 radical (unpaired) electrons. The van der Waals surface area contributed by atoms with Crippen molar-refractivity contribution in [1.29, 1.82) is 0 Å². The number of nitrogens with zero attached hydrogens (tertiary/aromatic N) is 1. The first-order valence-corrected chi connectivity index (χ1v) is 9.43. The lowest BCUT2D eigenvalue weighted by atomic mass is 9.94. The van der Waals surface area contributed by atoms with Gasteiger partial charge < -0.3 is 15.1 Å². The molecule has 0 aliphatic carbocycles. The van der Waals surface area contributed by atoms with Gasteiger partial charge in [-0.1, -0.05) is 59.7 Å². The molecule has 0 aromatic heterocycles. The number of carbonyl (C=O) groups is 3. The fourth-order valence-electron chi connectivity index (χ4n) is 3.47. The van der Waals surface area contributed by atoms with Crippen LogP contribution in [-0.4, -0.2) is 39.3 Å². The zero-order chi connectivity index (χ0) is 21.1. The highest BCUT2D eigenvalue weighted by molar-refractivity contribution is 6.46. The molecule has 1 amide bonds. The largest absolute Gasteiger partial charge is 0.507 e. The molecule has 150 valence electrons. The summed E-state index contributed by atoms with van der Waals surface area (Å²) in [6.07, 6.45) is 0.108. The average Bonchev–Trinajstić information content (AvgIpc) is 2.93. The van der Waals surface area contributed by atoms with Gasteiger partial charge in [0.2, 0.25) is 0 Å². The van der Waals surface area contributed by atoms with Crippen LogP contribution in [0.1, 0.15) is 41.1 Å². The van der Waals surface area contributed by atoms with Crippen LogP contribution in [0.4, 0.5) is 0 Å². The van der Waals surface area contributed by atoms with E-state index in [1.807, 2.05) is 50.2 Å². The van der Waals surface area contributed by atoms with Crippen LogP contribution in [0.3, 0.4) is 0 Å². The van der Waals surface area contributed by atoms with Crippen molar-refractivity contribution in [2.24, 2.45) is 0 Å². The maximum Gasteiger partial charge on any atom is 0.303 e. The molecule has 6 nitrogen and oxygen atoms in total. The van der Waals surface area contributed by atoms with Crippen molar-refractivity contribution in [2.75, 3.05) is 6.54 Å². The van der Waals surface area contributed by atoms with Gasteiger partial charge in [0.05, 0.1) is 11.6 Å². The minimum absolute atomic E-state index is 0.0260. The molecule has 0 spiro atoms. The molecule has 1 heterocycles. The monoisotopic (exact) mass is 393 g/mol. The molecule has 1 atom stereocenters. The molecule has 1 aliphatic rings. The Balaban J connectivity index is 2.08. The summed E-state index contributed by atoms with van der Waals surface area (Å²) in [5.41, 5.74) is 3.20. The molecule has 2 aromatic carbocycles. The highest BCUT2D eigenvalue weighted by Crippen LogP contribution is 2.39. The number of benzene rings is 2. The molecule has 0 bridgehead atoms. The number of aliphatic hydroxyl groups excluding tert-OH is 1. The molecule has 3 rings (SSSR count). The van der Waals surface area contributed by atoms with Gasteiger partial charge in [-0.3, -0.25) is 14.4 Å². The van der Waals surface area contributed by atoms with E-state index in [0.29, 0.717) is 11.1 Å². The summed E-state index contributed by atoms with van der Waals surface area (Å²) < 4.78 is 0. The third-order valence-corrected chi connectivity index (χ3v) is 5.05. The number of carboxylic acids is 1. The van der Waals surface area contributed by atoms with E-state index in [4.69, 9.17) is 5.11 Å². The third kappa shape index (κ3) is 4.21. The number of aliphatic hydroxyl groups is 1. The van der Waals surface area contributed by atoms with E-state index in [9.17, 15) is 19.5 Å². The number of carboxylic acid groups (broad SMARTS) is 1. The summed E-state index contributed by atoms with van der Waals surface area (Å²) in [4.78, 5) is 37.8. The second kappa shape index (κ2) is 8.31. The first-order chi connectivity index (χ1) is 13.8. The summed E-state index contributed by atoms with van der Waals surface area (Å²) in [7, 11) is 0. The summed E-state index contributed by atoms with van der Waals surface area (Å²) in [6.45, 7) is 3.96. The van der Waals surface area contributed by atoms with Gasteiger partial charge in [-0.15, -0.1) is 0 Å². The van der Waals surface area contributed by atoms with Gasteiger partial charge in [-0.25, -0.2) is 0 Å². The van der Waals surface area contributed by atoms with Gasteiger partial charge in [0.25, 0.3) is 11.7 Å². The number of rotatable bonds is 6. The zero-order valence-corrected chi connectivity index (χ0v) is 16.4. The van der Waals surface area contributed by atoms with Crippen molar-refractivity contribution in [3.8, 4) is 0 Å². The van der Waals surface area contributed by atoms with Crippen molar-refractivity contribution in [3.05, 3.63) is 76.4 Å². The number of likely N-dealkylation sites (tertiary alicyclic amines) is 1. The van der Waals surface area contributed by atoms with Crippen molar-refractivity contribution in [1.82, 2.24) is 4.90 Å². The van der Waals surface area contributed by atoms with E-state index in [1.54, 1.807) is 12.1 Å². The van der Waals surface area contributed by atoms with Gasteiger partial charge >= 0.3 is 5.97 Å². The number of hydrogen-bond acceptors (Lipinski definition) is 4. The van der Waals surface area contributed by atoms with Gasteiger partial charge in [-0.2, -0.15) is 0 Å². The Bertz CT molecular complexity index is 973. The number of aryl methyl sites for hydroxylation is 2. The zero-order valence-electron chi connectivity index (χ0n) is 16.4. The second-order valence-corrected chi connectivity index (χ2v) is 7.27. The van der Waals surface area contributed by atoms with Crippen LogP contribution >= 0.6 is 0 Å². The fraction of sp³-hybridized carbons (Fsp3) is 0.261. The Morgan fingerprint density at radius 1 is 0.931 bits per heavy atom. The van der Waals surface area contributed by atoms with Crippen LogP contribution in [0.15, 0.2) is 54.1 Å². The maximum atomic E-state index is 12.8. The van der Waals surface area contributed by atoms with E-state index < -0.39 is 23.7 Å². The van der Waals surface area contributed by atoms with Gasteiger partial charge in [0.15, 0.2) is 0 Å². The predicted molar refractivity (Wildman–Crippen MR) is 108 cm³/mol. The van der Waals surface area contributed by atoms with Crippen LogP contribution < -0.4 is 0 Å². The molecule has 6 heteroatoms. The lowest BCUT2D eigenvalue weighted by Crippen LogP contribution is -2.31. The third-order valence-electron chi connectivity index (χ3n) is 5.05. The fourth-order valence-corrected chi connectivity index (χ4v) is 3.47. The molecule has 1 fully saturated rings. The van der Waals surface area contributed by atoms with Gasteiger partial charge in [-0.05, 0) is 25.8 Å². The standard InChI is InChI=1S/C23H23NO5/c1-14-5-9-16(10-6-14)20-19(21(27)17-11-7-15(2)8-12-17)22(28)23(29)24(20)13-3-4-18(25)26/h5-12,20,27H,3-4,13H2,1-2H3,(H,25,26)/b21-19+/t20-/m1/s1. The first-order valence-electron chi connectivity index (χ1n) is 9.43. The lowest BCUT2D eigenvalue weighted by molar-refractivity contribution is -0.140. The normalized spacial score (nSPS) is 18.3. The van der Waals surface area contributed by atoms with Gasteiger partial charge in [0.1, 0.15) is 5.76 Å². The molecule has 1 saturated heterocycles. The van der Waals surface area contributed by atoms with Crippen LogP contribution in [0.25, 0.3) is 5.76 Å². The second-order valence-electron chi connectivity index (χ2n) is 7.27. The number of Topliss-reactive ketones (excluding diaryl/α,β-unsaturated/α-hetero) is 1. The number of aliphatic carboxylic acids is 1. The lowest BCUT2D eigenvalue weighted by Gasteiger charge is -2.25. The SMILES string of the molecule is Cc1ccc(/C(O)=C2\C(=O)C(=O)N(CCCC(=O)O)[C@@H]2c2ccc(C)cc2)cc1. The molecule has 1 aliphatic heterocycles. The van der Waals surface area contributed by atoms with E-state index >= 15 is 0 Å². The van der Waals surface area contributed by atoms with E-state index in [2.05, 4.69) is 0 Å². The Hall–Kier alpha value is -3.41. The van der Waals surface area contributed by atoms with Crippen LogP contribution in [0.5, 0.6) is 0 Å². The summed E-state index contributed by atoms with van der Waals surface area (Å²) >= 11 is 0. The summed E-state index contributed by atoms with van der Waals surface area (Å²) in [5, 5.41) is 19.8. The van der Waals surface area contributed by atoms with Gasteiger partial charge in [0, 0.05) is 18.5 Å². The first kappa shape index (κ1) is 20.3. The smallest absolute Gasteiger partial charge is 0.303 e. The quantitative estimate of drug-likeness (QED) is 0.444. The number of ketones is 1. The number of amides is 1. The predicted octanol–water partition coefficient (Wildman–Crippen LogP) is 3.59.